The maximum Gasteiger partial charge on any atom is 0.370 e. The average Bonchev–Trinajstić information content (AvgIpc) is 2.76. The zero-order chi connectivity index (χ0) is 20.9. The quantitative estimate of drug-likeness (QED) is 0.333. The lowest BCUT2D eigenvalue weighted by atomic mass is 10.2. The predicted octanol–water partition coefficient (Wildman–Crippen LogP) is 1.26. The summed E-state index contributed by atoms with van der Waals surface area (Å²) in [5.74, 6) is -1.16. The van der Waals surface area contributed by atoms with E-state index in [9.17, 15) is 14.4 Å². The van der Waals surface area contributed by atoms with Gasteiger partial charge in [-0.15, -0.1) is 0 Å². The highest BCUT2D eigenvalue weighted by Crippen LogP contribution is 2.09. The number of benzene rings is 1. The lowest BCUT2D eigenvalue weighted by Gasteiger charge is -2.26. The van der Waals surface area contributed by atoms with Gasteiger partial charge in [-0.3, -0.25) is 9.69 Å². The summed E-state index contributed by atoms with van der Waals surface area (Å²) in [6, 6.07) is 7.40. The Balaban J connectivity index is 1.51. The number of hydrogen-bond donors (Lipinski definition) is 1. The number of hydrogen-bond acceptors (Lipinski definition) is 10. The van der Waals surface area contributed by atoms with Crippen molar-refractivity contribution in [2.45, 2.75) is 12.5 Å². The number of nitrogens with two attached hydrogens (primary N) is 1. The van der Waals surface area contributed by atoms with Crippen LogP contribution < -0.4 is 5.73 Å². The Labute approximate surface area is 173 Å². The normalized spacial score (nSPS) is 15.3. The van der Waals surface area contributed by atoms with Gasteiger partial charge in [-0.25, -0.2) is 9.59 Å². The molecule has 2 N–H and O–H groups in total. The first-order chi connectivity index (χ1) is 14.1. The average molecular weight is 426 g/mol. The Morgan fingerprint density at radius 1 is 1.10 bits per heavy atom. The predicted molar refractivity (Wildman–Crippen MR) is 106 cm³/mol. The molecule has 1 heterocycles. The number of thioether (sulfide) groups is 1. The molecule has 9 nitrogen and oxygen atoms in total. The van der Waals surface area contributed by atoms with E-state index in [1.54, 1.807) is 30.3 Å². The van der Waals surface area contributed by atoms with Crippen molar-refractivity contribution in [2.24, 2.45) is 5.73 Å². The standard InChI is InChI=1S/C19H26N2O7S/c20-16(18(23)26-10-4-7-21-8-11-25-12-9-21)13-29-19(24)28-14-27-17(22)15-5-2-1-3-6-15/h1-3,5-6,16H,4,7-14,20H2/t16-/m0/s1. The smallest absolute Gasteiger partial charge is 0.370 e. The molecule has 0 aromatic heterocycles. The van der Waals surface area contributed by atoms with Gasteiger partial charge in [0.25, 0.3) is 0 Å². The Bertz CT molecular complexity index is 653. The highest BCUT2D eigenvalue weighted by Gasteiger charge is 2.18. The molecule has 1 aromatic carbocycles. The second-order valence-electron chi connectivity index (χ2n) is 6.20. The molecule has 10 heteroatoms. The van der Waals surface area contributed by atoms with Crippen LogP contribution >= 0.6 is 11.8 Å². The van der Waals surface area contributed by atoms with E-state index in [-0.39, 0.29) is 12.4 Å². The van der Waals surface area contributed by atoms with Crippen LogP contribution in [0.5, 0.6) is 0 Å². The first kappa shape index (κ1) is 23.1. The van der Waals surface area contributed by atoms with E-state index in [1.165, 1.54) is 0 Å². The molecule has 1 aliphatic rings. The van der Waals surface area contributed by atoms with E-state index in [2.05, 4.69) is 4.90 Å². The minimum Gasteiger partial charge on any atom is -0.464 e. The minimum absolute atomic E-state index is 0.00770. The van der Waals surface area contributed by atoms with E-state index in [0.29, 0.717) is 12.0 Å². The highest BCUT2D eigenvalue weighted by molar-refractivity contribution is 8.13. The highest BCUT2D eigenvalue weighted by atomic mass is 32.2. The fraction of sp³-hybridized carbons (Fsp3) is 0.526. The van der Waals surface area contributed by atoms with Crippen LogP contribution in [0.2, 0.25) is 0 Å². The molecule has 1 aliphatic heterocycles. The zero-order valence-electron chi connectivity index (χ0n) is 16.1. The van der Waals surface area contributed by atoms with E-state index < -0.39 is 30.1 Å². The number of morpholine rings is 1. The van der Waals surface area contributed by atoms with Gasteiger partial charge in [0.05, 0.1) is 25.4 Å². The number of carbonyl (C=O) groups is 3. The van der Waals surface area contributed by atoms with Crippen LogP contribution in [0.4, 0.5) is 4.79 Å². The Morgan fingerprint density at radius 2 is 1.83 bits per heavy atom. The summed E-state index contributed by atoms with van der Waals surface area (Å²) >= 11 is 0.722. The van der Waals surface area contributed by atoms with E-state index >= 15 is 0 Å². The third kappa shape index (κ3) is 9.27. The number of esters is 2. The molecule has 1 aromatic rings. The topological polar surface area (TPSA) is 117 Å². The van der Waals surface area contributed by atoms with E-state index in [1.807, 2.05) is 0 Å². The van der Waals surface area contributed by atoms with Crippen molar-refractivity contribution in [3.63, 3.8) is 0 Å². The van der Waals surface area contributed by atoms with Crippen LogP contribution in [0.25, 0.3) is 0 Å². The third-order valence-corrected chi connectivity index (χ3v) is 4.91. The summed E-state index contributed by atoms with van der Waals surface area (Å²) in [6.07, 6.45) is 0.709. The Hall–Kier alpha value is -2.14. The first-order valence-corrected chi connectivity index (χ1v) is 10.3. The van der Waals surface area contributed by atoms with Gasteiger partial charge >= 0.3 is 17.2 Å². The molecule has 1 atom stereocenters. The van der Waals surface area contributed by atoms with Gasteiger partial charge in [0.1, 0.15) is 6.04 Å². The number of ether oxygens (including phenoxy) is 4. The van der Waals surface area contributed by atoms with Crippen LogP contribution in [0.15, 0.2) is 30.3 Å². The van der Waals surface area contributed by atoms with Gasteiger partial charge in [0, 0.05) is 25.4 Å². The minimum atomic E-state index is -0.942. The van der Waals surface area contributed by atoms with Crippen LogP contribution in [0, 0.1) is 0 Å². The molecule has 1 saturated heterocycles. The van der Waals surface area contributed by atoms with Gasteiger partial charge in [-0.05, 0) is 30.3 Å². The van der Waals surface area contributed by atoms with Crippen molar-refractivity contribution in [1.82, 2.24) is 4.90 Å². The first-order valence-electron chi connectivity index (χ1n) is 9.30. The Kier molecular flexibility index (Phi) is 10.5. The second-order valence-corrected chi connectivity index (χ2v) is 7.16. The maximum absolute atomic E-state index is 11.9. The number of nitrogens with zero attached hydrogens (tertiary/aromatic N) is 1. The molecular weight excluding hydrogens is 400 g/mol. The fourth-order valence-electron chi connectivity index (χ4n) is 2.45. The van der Waals surface area contributed by atoms with Crippen LogP contribution in [-0.2, 0) is 23.7 Å². The van der Waals surface area contributed by atoms with Crippen molar-refractivity contribution in [3.05, 3.63) is 35.9 Å². The van der Waals surface area contributed by atoms with Crippen molar-refractivity contribution < 1.29 is 33.3 Å². The summed E-state index contributed by atoms with van der Waals surface area (Å²) in [5.41, 5.74) is 6.08. The molecule has 1 fully saturated rings. The molecule has 160 valence electrons. The fourth-order valence-corrected chi connectivity index (χ4v) is 3.03. The summed E-state index contributed by atoms with van der Waals surface area (Å²) in [5, 5.41) is -0.693. The number of carbonyl (C=O) groups excluding carboxylic acids is 3. The summed E-state index contributed by atoms with van der Waals surface area (Å²) in [4.78, 5) is 37.4. The zero-order valence-corrected chi connectivity index (χ0v) is 16.9. The molecule has 29 heavy (non-hydrogen) atoms. The third-order valence-electron chi connectivity index (χ3n) is 4.03. The van der Waals surface area contributed by atoms with Gasteiger partial charge in [-0.2, -0.15) is 0 Å². The van der Waals surface area contributed by atoms with Gasteiger partial charge in [0.15, 0.2) is 0 Å². The largest absolute Gasteiger partial charge is 0.464 e. The molecule has 0 bridgehead atoms. The lowest BCUT2D eigenvalue weighted by Crippen LogP contribution is -2.38. The van der Waals surface area contributed by atoms with Crippen LogP contribution in [-0.4, -0.2) is 80.2 Å². The van der Waals surface area contributed by atoms with Crippen LogP contribution in [0.1, 0.15) is 16.8 Å². The van der Waals surface area contributed by atoms with E-state index in [4.69, 9.17) is 24.7 Å². The molecule has 2 rings (SSSR count). The molecule has 0 amide bonds. The van der Waals surface area contributed by atoms with Gasteiger partial charge in [0.2, 0.25) is 6.79 Å². The SMILES string of the molecule is N[C@@H](CSC(=O)OCOC(=O)c1ccccc1)C(=O)OCCCN1CCOCC1. The van der Waals surface area contributed by atoms with Gasteiger partial charge < -0.3 is 24.7 Å². The molecule has 0 unspecified atom stereocenters. The van der Waals surface area contributed by atoms with Crippen molar-refractivity contribution >= 4 is 29.0 Å². The molecular formula is C19H26N2O7S. The van der Waals surface area contributed by atoms with Crippen LogP contribution in [0.3, 0.4) is 0 Å². The summed E-state index contributed by atoms with van der Waals surface area (Å²) in [6.45, 7) is 3.80. The summed E-state index contributed by atoms with van der Waals surface area (Å²) in [7, 11) is 0. The summed E-state index contributed by atoms with van der Waals surface area (Å²) < 4.78 is 20.0. The van der Waals surface area contributed by atoms with E-state index in [0.717, 1.165) is 44.6 Å². The van der Waals surface area contributed by atoms with Gasteiger partial charge in [-0.1, -0.05) is 18.2 Å². The molecule has 0 saturated carbocycles. The second kappa shape index (κ2) is 13.2. The molecule has 0 radical (unpaired) electrons. The van der Waals surface area contributed by atoms with Crippen molar-refractivity contribution in [2.75, 3.05) is 52.0 Å². The lowest BCUT2D eigenvalue weighted by molar-refractivity contribution is -0.144. The van der Waals surface area contributed by atoms with Crippen molar-refractivity contribution in [3.8, 4) is 0 Å². The number of rotatable bonds is 10. The monoisotopic (exact) mass is 426 g/mol. The molecule has 0 aliphatic carbocycles. The molecule has 0 spiro atoms. The van der Waals surface area contributed by atoms with Crippen molar-refractivity contribution in [1.29, 1.82) is 0 Å². The Morgan fingerprint density at radius 3 is 2.55 bits per heavy atom. The maximum atomic E-state index is 11.9.